The van der Waals surface area contributed by atoms with E-state index in [4.69, 9.17) is 9.15 Å². The van der Waals surface area contributed by atoms with E-state index < -0.39 is 0 Å². The highest BCUT2D eigenvalue weighted by Gasteiger charge is 2.17. The summed E-state index contributed by atoms with van der Waals surface area (Å²) in [7, 11) is 0. The highest BCUT2D eigenvalue weighted by Crippen LogP contribution is 2.23. The van der Waals surface area contributed by atoms with Crippen molar-refractivity contribution >= 4 is 23.2 Å². The van der Waals surface area contributed by atoms with Crippen molar-refractivity contribution in [3.63, 3.8) is 0 Å². The lowest BCUT2D eigenvalue weighted by molar-refractivity contribution is 0.0993. The topological polar surface area (TPSA) is 80.6 Å². The Morgan fingerprint density at radius 2 is 1.34 bits per heavy atom. The van der Waals surface area contributed by atoms with Gasteiger partial charge in [-0.15, -0.1) is 0 Å². The highest BCUT2D eigenvalue weighted by molar-refractivity contribution is 6.06. The summed E-state index contributed by atoms with van der Waals surface area (Å²) >= 11 is 0. The van der Waals surface area contributed by atoms with E-state index in [1.165, 1.54) is 0 Å². The molecular formula is C26H22N2O4. The Labute approximate surface area is 185 Å². The molecule has 0 radical (unpaired) electrons. The number of amides is 2. The highest BCUT2D eigenvalue weighted by atomic mass is 16.5. The maximum Gasteiger partial charge on any atom is 0.291 e. The van der Waals surface area contributed by atoms with E-state index in [1.54, 1.807) is 49.4 Å². The summed E-state index contributed by atoms with van der Waals surface area (Å²) in [5.41, 5.74) is 2.52. The standard InChI is InChI=1S/C26H22N2O4/c1-18-19(16-24(32-18)26(30)28-21-12-6-3-7-13-21)17-31-23-15-9-8-14-22(23)25(29)27-20-10-4-2-5-11-20/h2-16H,17H2,1H3,(H,27,29)(H,28,30). The fourth-order valence-corrected chi connectivity index (χ4v) is 3.14. The van der Waals surface area contributed by atoms with Crippen LogP contribution in [0.2, 0.25) is 0 Å². The van der Waals surface area contributed by atoms with Gasteiger partial charge in [-0.1, -0.05) is 48.5 Å². The van der Waals surface area contributed by atoms with Crippen molar-refractivity contribution in [2.24, 2.45) is 0 Å². The molecule has 4 aromatic rings. The van der Waals surface area contributed by atoms with E-state index in [0.29, 0.717) is 28.4 Å². The molecule has 2 N–H and O–H groups in total. The van der Waals surface area contributed by atoms with E-state index in [0.717, 1.165) is 5.56 Å². The van der Waals surface area contributed by atoms with Crippen LogP contribution in [0, 0.1) is 6.92 Å². The normalized spacial score (nSPS) is 10.4. The van der Waals surface area contributed by atoms with Crippen molar-refractivity contribution in [3.8, 4) is 5.75 Å². The summed E-state index contributed by atoms with van der Waals surface area (Å²) in [5, 5.41) is 5.65. The Bertz CT molecular complexity index is 1220. The van der Waals surface area contributed by atoms with Crippen molar-refractivity contribution in [2.45, 2.75) is 13.5 Å². The molecular weight excluding hydrogens is 404 g/mol. The molecule has 1 heterocycles. The maximum atomic E-state index is 12.7. The Kier molecular flexibility index (Phi) is 6.32. The van der Waals surface area contributed by atoms with Crippen molar-refractivity contribution in [1.82, 2.24) is 0 Å². The quantitative estimate of drug-likeness (QED) is 0.399. The molecule has 4 rings (SSSR count). The molecule has 0 fully saturated rings. The number of nitrogens with one attached hydrogen (secondary N) is 2. The van der Waals surface area contributed by atoms with Crippen LogP contribution in [0.25, 0.3) is 0 Å². The van der Waals surface area contributed by atoms with E-state index in [2.05, 4.69) is 10.6 Å². The monoisotopic (exact) mass is 426 g/mol. The molecule has 0 aliphatic heterocycles. The Hall–Kier alpha value is -4.32. The number of carbonyl (C=O) groups is 2. The van der Waals surface area contributed by atoms with Crippen LogP contribution in [0.1, 0.15) is 32.2 Å². The van der Waals surface area contributed by atoms with Gasteiger partial charge in [0.15, 0.2) is 5.76 Å². The zero-order chi connectivity index (χ0) is 22.3. The van der Waals surface area contributed by atoms with Crippen molar-refractivity contribution in [1.29, 1.82) is 0 Å². The number of rotatable bonds is 7. The van der Waals surface area contributed by atoms with Gasteiger partial charge in [-0.3, -0.25) is 9.59 Å². The summed E-state index contributed by atoms with van der Waals surface area (Å²) in [6.45, 7) is 1.93. The smallest absolute Gasteiger partial charge is 0.291 e. The van der Waals surface area contributed by atoms with E-state index in [9.17, 15) is 9.59 Å². The minimum atomic E-state index is -0.340. The van der Waals surface area contributed by atoms with Gasteiger partial charge in [-0.05, 0) is 49.4 Å². The maximum absolute atomic E-state index is 12.7. The average molecular weight is 426 g/mol. The third kappa shape index (κ3) is 5.05. The predicted molar refractivity (Wildman–Crippen MR) is 123 cm³/mol. The van der Waals surface area contributed by atoms with Crippen LogP contribution in [0.15, 0.2) is 95.4 Å². The summed E-state index contributed by atoms with van der Waals surface area (Å²) in [5.74, 6) is 0.609. The van der Waals surface area contributed by atoms with Gasteiger partial charge < -0.3 is 19.8 Å². The van der Waals surface area contributed by atoms with Crippen LogP contribution in [0.3, 0.4) is 0 Å². The van der Waals surface area contributed by atoms with Crippen LogP contribution in [0.4, 0.5) is 11.4 Å². The fraction of sp³-hybridized carbons (Fsp3) is 0.0769. The molecule has 0 aliphatic rings. The lowest BCUT2D eigenvalue weighted by atomic mass is 10.1. The van der Waals surface area contributed by atoms with Gasteiger partial charge >= 0.3 is 0 Å². The second kappa shape index (κ2) is 9.66. The van der Waals surface area contributed by atoms with E-state index in [-0.39, 0.29) is 24.2 Å². The Balaban J connectivity index is 1.44. The largest absolute Gasteiger partial charge is 0.488 e. The SMILES string of the molecule is Cc1oc(C(=O)Nc2ccccc2)cc1COc1ccccc1C(=O)Nc1ccccc1. The van der Waals surface area contributed by atoms with Crippen LogP contribution in [0.5, 0.6) is 5.75 Å². The number of ether oxygens (including phenoxy) is 1. The predicted octanol–water partition coefficient (Wildman–Crippen LogP) is 5.67. The molecule has 0 atom stereocenters. The number of benzene rings is 3. The lowest BCUT2D eigenvalue weighted by Gasteiger charge is -2.11. The molecule has 6 heteroatoms. The van der Waals surface area contributed by atoms with Gasteiger partial charge in [0.25, 0.3) is 11.8 Å². The van der Waals surface area contributed by atoms with E-state index in [1.807, 2.05) is 48.5 Å². The van der Waals surface area contributed by atoms with Gasteiger partial charge in [-0.25, -0.2) is 0 Å². The number of para-hydroxylation sites is 3. The summed E-state index contributed by atoms with van der Waals surface area (Å²) < 4.78 is 11.5. The molecule has 3 aromatic carbocycles. The molecule has 0 saturated heterocycles. The molecule has 32 heavy (non-hydrogen) atoms. The third-order valence-corrected chi connectivity index (χ3v) is 4.82. The van der Waals surface area contributed by atoms with Crippen molar-refractivity contribution in [3.05, 3.63) is 114 Å². The van der Waals surface area contributed by atoms with Crippen LogP contribution in [-0.2, 0) is 6.61 Å². The second-order valence-corrected chi connectivity index (χ2v) is 7.12. The Morgan fingerprint density at radius 1 is 0.781 bits per heavy atom. The molecule has 0 saturated carbocycles. The number of anilines is 2. The Morgan fingerprint density at radius 3 is 2.00 bits per heavy atom. The van der Waals surface area contributed by atoms with Crippen LogP contribution >= 0.6 is 0 Å². The van der Waals surface area contributed by atoms with E-state index >= 15 is 0 Å². The number of furan rings is 1. The fourth-order valence-electron chi connectivity index (χ4n) is 3.14. The van der Waals surface area contributed by atoms with Crippen LogP contribution < -0.4 is 15.4 Å². The first-order valence-electron chi connectivity index (χ1n) is 10.1. The molecule has 1 aromatic heterocycles. The summed E-state index contributed by atoms with van der Waals surface area (Å²) in [4.78, 5) is 25.2. The first-order chi connectivity index (χ1) is 15.6. The number of carbonyl (C=O) groups excluding carboxylic acids is 2. The minimum absolute atomic E-state index is 0.156. The average Bonchev–Trinajstić information content (AvgIpc) is 3.20. The first kappa shape index (κ1) is 20.9. The molecule has 0 aliphatic carbocycles. The number of hydrogen-bond donors (Lipinski definition) is 2. The lowest BCUT2D eigenvalue weighted by Crippen LogP contribution is -2.13. The zero-order valence-corrected chi connectivity index (χ0v) is 17.5. The van der Waals surface area contributed by atoms with Gasteiger partial charge in [0, 0.05) is 16.9 Å². The number of aryl methyl sites for hydroxylation is 1. The molecule has 0 spiro atoms. The number of hydrogen-bond acceptors (Lipinski definition) is 4. The van der Waals surface area contributed by atoms with Gasteiger partial charge in [-0.2, -0.15) is 0 Å². The summed E-state index contributed by atoms with van der Waals surface area (Å²) in [6.07, 6.45) is 0. The van der Waals surface area contributed by atoms with Gasteiger partial charge in [0.2, 0.25) is 0 Å². The molecule has 160 valence electrons. The van der Waals surface area contributed by atoms with Gasteiger partial charge in [0.05, 0.1) is 5.56 Å². The van der Waals surface area contributed by atoms with Crippen molar-refractivity contribution in [2.75, 3.05) is 10.6 Å². The molecule has 6 nitrogen and oxygen atoms in total. The molecule has 0 bridgehead atoms. The van der Waals surface area contributed by atoms with Gasteiger partial charge in [0.1, 0.15) is 18.1 Å². The molecule has 2 amide bonds. The minimum Gasteiger partial charge on any atom is -0.488 e. The summed E-state index contributed by atoms with van der Waals surface area (Å²) in [6, 6.07) is 27.1. The van der Waals surface area contributed by atoms with Crippen LogP contribution in [-0.4, -0.2) is 11.8 Å². The van der Waals surface area contributed by atoms with Crippen molar-refractivity contribution < 1.29 is 18.7 Å². The zero-order valence-electron chi connectivity index (χ0n) is 17.5. The third-order valence-electron chi connectivity index (χ3n) is 4.82. The second-order valence-electron chi connectivity index (χ2n) is 7.12. The first-order valence-corrected chi connectivity index (χ1v) is 10.1. The molecule has 0 unspecified atom stereocenters.